The molecule has 0 atom stereocenters. The summed E-state index contributed by atoms with van der Waals surface area (Å²) >= 11 is 0. The maximum atomic E-state index is 11.1. The third kappa shape index (κ3) is 6.20. The van der Waals surface area contributed by atoms with E-state index in [1.54, 1.807) is 0 Å². The maximum absolute atomic E-state index is 11.1. The molecule has 4 aromatic carbocycles. The molecule has 0 radical (unpaired) electrons. The minimum atomic E-state index is -4.47. The second-order valence-electron chi connectivity index (χ2n) is 6.67. The van der Waals surface area contributed by atoms with Gasteiger partial charge in [-0.05, 0) is 60.2 Å². The van der Waals surface area contributed by atoms with Crippen molar-refractivity contribution in [3.05, 3.63) is 109 Å². The van der Waals surface area contributed by atoms with Gasteiger partial charge in [-0.1, -0.05) is 72.8 Å². The van der Waals surface area contributed by atoms with Crippen LogP contribution in [0.5, 0.6) is 0 Å². The number of nitrogens with zero attached hydrogens (tertiary/aromatic N) is 2. The zero-order valence-electron chi connectivity index (χ0n) is 17.4. The van der Waals surface area contributed by atoms with Crippen molar-refractivity contribution in [2.24, 2.45) is 10.2 Å². The number of benzene rings is 4. The summed E-state index contributed by atoms with van der Waals surface area (Å²) in [7, 11) is -5.22. The third-order valence-corrected chi connectivity index (χ3v) is 7.80. The summed E-state index contributed by atoms with van der Waals surface area (Å²) in [6.07, 6.45) is 0. The summed E-state index contributed by atoms with van der Waals surface area (Å²) in [4.78, 5) is -0.287. The van der Waals surface area contributed by atoms with Crippen LogP contribution in [0.4, 0.5) is 11.4 Å². The van der Waals surface area contributed by atoms with Gasteiger partial charge in [0.05, 0.1) is 16.3 Å². The summed E-state index contributed by atoms with van der Waals surface area (Å²) in [5, 5.41) is 12.1. The van der Waals surface area contributed by atoms with Crippen LogP contribution < -0.4 is 45.5 Å². The van der Waals surface area contributed by atoms with Crippen LogP contribution in [0.15, 0.2) is 124 Å². The zero-order chi connectivity index (χ0) is 21.7. The number of azo groups is 1. The molecule has 0 saturated carbocycles. The molecule has 0 amide bonds. The largest absolute Gasteiger partial charge is 1.00 e. The van der Waals surface area contributed by atoms with Crippen LogP contribution in [0.1, 0.15) is 0 Å². The maximum Gasteiger partial charge on any atom is 1.00 e. The first-order chi connectivity index (χ1) is 15.0. The van der Waals surface area contributed by atoms with E-state index in [9.17, 15) is 13.0 Å². The molecule has 4 rings (SSSR count). The van der Waals surface area contributed by atoms with E-state index in [0.29, 0.717) is 11.4 Å². The zero-order valence-corrected chi connectivity index (χ0v) is 21.1. The van der Waals surface area contributed by atoms with Gasteiger partial charge in [-0.3, -0.25) is 0 Å². The second kappa shape index (κ2) is 11.1. The predicted molar refractivity (Wildman–Crippen MR) is 124 cm³/mol. The number of hydrogen-bond acceptors (Lipinski definition) is 5. The Balaban J connectivity index is 0.00000289. The van der Waals surface area contributed by atoms with Crippen molar-refractivity contribution in [2.75, 3.05) is 0 Å². The fourth-order valence-corrected chi connectivity index (χ4v) is 5.89. The van der Waals surface area contributed by atoms with Crippen LogP contribution >= 0.6 is 7.92 Å². The minimum absolute atomic E-state index is 0. The Labute approximate surface area is 211 Å². The van der Waals surface area contributed by atoms with Gasteiger partial charge in [-0.15, -0.1) is 0 Å². The van der Waals surface area contributed by atoms with Crippen LogP contribution in [-0.2, 0) is 10.1 Å². The quantitative estimate of drug-likeness (QED) is 0.187. The number of hydrogen-bond donors (Lipinski definition) is 0. The molecule has 0 aromatic heterocycles. The molecule has 5 nitrogen and oxygen atoms in total. The van der Waals surface area contributed by atoms with Gasteiger partial charge in [0.1, 0.15) is 10.1 Å². The predicted octanol–water partition coefficient (Wildman–Crippen LogP) is 1.77. The molecule has 0 aliphatic heterocycles. The van der Waals surface area contributed by atoms with Crippen LogP contribution in [0.25, 0.3) is 0 Å². The summed E-state index contributed by atoms with van der Waals surface area (Å²) in [5.74, 6) is 0. The molecule has 0 bridgehead atoms. The molecular weight excluding hydrogens is 450 g/mol. The molecule has 0 spiro atoms. The molecule has 0 heterocycles. The normalized spacial score (nSPS) is 11.4. The summed E-state index contributed by atoms with van der Waals surface area (Å²) < 4.78 is 33.2. The molecule has 8 heteroatoms. The first kappa shape index (κ1) is 24.5. The van der Waals surface area contributed by atoms with E-state index < -0.39 is 18.0 Å². The van der Waals surface area contributed by atoms with Crippen LogP contribution in [0, 0.1) is 0 Å². The van der Waals surface area contributed by atoms with E-state index in [0.717, 1.165) is 5.30 Å². The summed E-state index contributed by atoms with van der Waals surface area (Å²) in [6, 6.07) is 34.1. The van der Waals surface area contributed by atoms with Gasteiger partial charge < -0.3 is 4.55 Å². The topological polar surface area (TPSA) is 81.9 Å². The van der Waals surface area contributed by atoms with Gasteiger partial charge in [-0.25, -0.2) is 8.42 Å². The Morgan fingerprint density at radius 1 is 0.594 bits per heavy atom. The Morgan fingerprint density at radius 2 is 1.09 bits per heavy atom. The average Bonchev–Trinajstić information content (AvgIpc) is 2.79. The molecule has 0 unspecified atom stereocenters. The Bertz CT molecular complexity index is 1260. The van der Waals surface area contributed by atoms with Crippen molar-refractivity contribution < 1.29 is 42.5 Å². The smallest absolute Gasteiger partial charge is 0.744 e. The second-order valence-corrected chi connectivity index (χ2v) is 10.3. The van der Waals surface area contributed by atoms with Crippen LogP contribution in [0.3, 0.4) is 0 Å². The van der Waals surface area contributed by atoms with Crippen molar-refractivity contribution in [3.63, 3.8) is 0 Å². The van der Waals surface area contributed by atoms with Crippen LogP contribution in [0.2, 0.25) is 0 Å². The van der Waals surface area contributed by atoms with Gasteiger partial charge >= 0.3 is 29.6 Å². The molecule has 0 saturated heterocycles. The van der Waals surface area contributed by atoms with Crippen molar-refractivity contribution >= 4 is 45.3 Å². The molecule has 0 N–H and O–H groups in total. The first-order valence-corrected chi connectivity index (χ1v) is 12.2. The average molecular weight is 468 g/mol. The third-order valence-electron chi connectivity index (χ3n) is 4.52. The fraction of sp³-hybridized carbons (Fsp3) is 0. The van der Waals surface area contributed by atoms with E-state index in [1.807, 2.05) is 54.6 Å². The molecule has 0 aliphatic rings. The van der Waals surface area contributed by atoms with E-state index in [-0.39, 0.29) is 34.5 Å². The molecule has 0 fully saturated rings. The molecule has 154 valence electrons. The Kier molecular flexibility index (Phi) is 8.49. The van der Waals surface area contributed by atoms with Gasteiger partial charge in [0.2, 0.25) is 0 Å². The Morgan fingerprint density at radius 3 is 1.62 bits per heavy atom. The van der Waals surface area contributed by atoms with Crippen molar-refractivity contribution in [1.29, 1.82) is 0 Å². The van der Waals surface area contributed by atoms with Gasteiger partial charge in [0.15, 0.2) is 0 Å². The van der Waals surface area contributed by atoms with E-state index >= 15 is 0 Å². The van der Waals surface area contributed by atoms with E-state index in [4.69, 9.17) is 0 Å². The molecule has 0 aliphatic carbocycles. The summed E-state index contributed by atoms with van der Waals surface area (Å²) in [6.45, 7) is 0. The van der Waals surface area contributed by atoms with Crippen LogP contribution in [-0.4, -0.2) is 13.0 Å². The van der Waals surface area contributed by atoms with E-state index in [1.165, 1.54) is 34.9 Å². The fourth-order valence-electron chi connectivity index (χ4n) is 3.09. The van der Waals surface area contributed by atoms with Gasteiger partial charge in [-0.2, -0.15) is 10.2 Å². The monoisotopic (exact) mass is 468 g/mol. The SMILES string of the molecule is O=S(=O)([O-])c1ccc(N=Nc2cccc(P(c3ccccc3)c3ccccc3)c2)cc1.[Na+]. The van der Waals surface area contributed by atoms with E-state index in [2.05, 4.69) is 40.6 Å². The molecule has 32 heavy (non-hydrogen) atoms. The minimum Gasteiger partial charge on any atom is -0.744 e. The Hall–Kier alpha value is -2.18. The van der Waals surface area contributed by atoms with Gasteiger partial charge in [0.25, 0.3) is 0 Å². The molecule has 4 aromatic rings. The van der Waals surface area contributed by atoms with Crippen molar-refractivity contribution in [1.82, 2.24) is 0 Å². The van der Waals surface area contributed by atoms with Gasteiger partial charge in [0, 0.05) is 0 Å². The molecular formula is C24H18N2NaO3PS. The van der Waals surface area contributed by atoms with Crippen molar-refractivity contribution in [3.8, 4) is 0 Å². The summed E-state index contributed by atoms with van der Waals surface area (Å²) in [5.41, 5.74) is 1.16. The number of rotatable bonds is 6. The standard InChI is InChI=1S/C24H19N2O3PS.Na/c27-31(28,29)24-16-14-19(15-17-24)25-26-20-8-7-13-23(18-20)30(21-9-3-1-4-10-21)22-11-5-2-6-12-22;/h1-18H,(H,27,28,29);/q;+1/p-1. The van der Waals surface area contributed by atoms with Crippen molar-refractivity contribution in [2.45, 2.75) is 4.90 Å². The first-order valence-electron chi connectivity index (χ1n) is 9.49.